The van der Waals surface area contributed by atoms with Crippen molar-refractivity contribution in [2.24, 2.45) is 11.3 Å². The van der Waals surface area contributed by atoms with Gasteiger partial charge in [0.2, 0.25) is 0 Å². The van der Waals surface area contributed by atoms with Crippen molar-refractivity contribution in [3.63, 3.8) is 0 Å². The van der Waals surface area contributed by atoms with Crippen LogP contribution in [-0.4, -0.2) is 25.8 Å². The maximum absolute atomic E-state index is 5.72. The average molecular weight is 243 g/mol. The lowest BCUT2D eigenvalue weighted by atomic mass is 9.84. The van der Waals surface area contributed by atoms with E-state index in [1.54, 1.807) is 0 Å². The van der Waals surface area contributed by atoms with Gasteiger partial charge in [0.25, 0.3) is 0 Å². The highest BCUT2D eigenvalue weighted by Gasteiger charge is 2.21. The molecule has 17 heavy (non-hydrogen) atoms. The van der Waals surface area contributed by atoms with Crippen molar-refractivity contribution < 1.29 is 4.74 Å². The summed E-state index contributed by atoms with van der Waals surface area (Å²) in [7, 11) is 0. The Bertz CT molecular complexity index is 180. The minimum absolute atomic E-state index is 0.377. The summed E-state index contributed by atoms with van der Waals surface area (Å²) >= 11 is 0. The van der Waals surface area contributed by atoms with Gasteiger partial charge in [0.15, 0.2) is 0 Å². The van der Waals surface area contributed by atoms with Crippen LogP contribution in [-0.2, 0) is 4.74 Å². The highest BCUT2D eigenvalue weighted by atomic mass is 16.5. The van der Waals surface area contributed by atoms with Crippen LogP contribution in [0.5, 0.6) is 0 Å². The average Bonchev–Trinajstić information content (AvgIpc) is 2.25. The summed E-state index contributed by atoms with van der Waals surface area (Å²) < 4.78 is 5.72. The molecular weight excluding hydrogens is 210 g/mol. The summed E-state index contributed by atoms with van der Waals surface area (Å²) in [4.78, 5) is 0. The largest absolute Gasteiger partial charge is 0.381 e. The third-order valence-electron chi connectivity index (χ3n) is 3.48. The second kappa shape index (κ2) is 8.93. The molecule has 0 saturated carbocycles. The third-order valence-corrected chi connectivity index (χ3v) is 3.48. The fraction of sp³-hybridized carbons (Fsp3) is 1.00. The fourth-order valence-electron chi connectivity index (χ4n) is 1.58. The summed E-state index contributed by atoms with van der Waals surface area (Å²) in [6, 6.07) is 0.572. The van der Waals surface area contributed by atoms with E-state index in [1.165, 1.54) is 12.8 Å². The zero-order valence-electron chi connectivity index (χ0n) is 12.8. The molecule has 0 amide bonds. The predicted molar refractivity (Wildman–Crippen MR) is 76.4 cm³/mol. The van der Waals surface area contributed by atoms with E-state index in [2.05, 4.69) is 46.9 Å². The van der Waals surface area contributed by atoms with E-state index in [0.29, 0.717) is 11.5 Å². The SMILES string of the molecule is CCC(C)(CCOCCC(C)C)CNC(C)C. The number of hydrogen-bond donors (Lipinski definition) is 1. The minimum atomic E-state index is 0.377. The Morgan fingerprint density at radius 3 is 2.24 bits per heavy atom. The third kappa shape index (κ3) is 9.61. The van der Waals surface area contributed by atoms with Gasteiger partial charge in [-0.15, -0.1) is 0 Å². The Hall–Kier alpha value is -0.0800. The molecule has 0 radical (unpaired) electrons. The molecule has 0 fully saturated rings. The van der Waals surface area contributed by atoms with Gasteiger partial charge in [0, 0.05) is 25.8 Å². The molecule has 0 aromatic carbocycles. The Kier molecular flexibility index (Phi) is 8.89. The first-order valence-corrected chi connectivity index (χ1v) is 7.20. The van der Waals surface area contributed by atoms with Gasteiger partial charge in [-0.1, -0.05) is 41.5 Å². The molecule has 0 heterocycles. The van der Waals surface area contributed by atoms with Crippen molar-refractivity contribution in [1.29, 1.82) is 0 Å². The molecule has 0 aliphatic carbocycles. The van der Waals surface area contributed by atoms with Gasteiger partial charge < -0.3 is 10.1 Å². The van der Waals surface area contributed by atoms with Crippen LogP contribution in [0.2, 0.25) is 0 Å². The van der Waals surface area contributed by atoms with Gasteiger partial charge in [-0.05, 0) is 30.6 Å². The lowest BCUT2D eigenvalue weighted by Crippen LogP contribution is -2.36. The summed E-state index contributed by atoms with van der Waals surface area (Å²) in [6.45, 7) is 16.4. The molecule has 1 N–H and O–H groups in total. The molecular formula is C15H33NO. The Morgan fingerprint density at radius 1 is 1.12 bits per heavy atom. The number of nitrogens with one attached hydrogen (secondary N) is 1. The van der Waals surface area contributed by atoms with E-state index >= 15 is 0 Å². The van der Waals surface area contributed by atoms with Crippen molar-refractivity contribution in [1.82, 2.24) is 5.32 Å². The minimum Gasteiger partial charge on any atom is -0.381 e. The zero-order chi connectivity index (χ0) is 13.3. The van der Waals surface area contributed by atoms with Crippen LogP contribution < -0.4 is 5.32 Å². The lowest BCUT2D eigenvalue weighted by Gasteiger charge is -2.29. The summed E-state index contributed by atoms with van der Waals surface area (Å²) in [5.74, 6) is 0.746. The van der Waals surface area contributed by atoms with Gasteiger partial charge >= 0.3 is 0 Å². The number of ether oxygens (including phenoxy) is 1. The molecule has 0 rings (SSSR count). The molecule has 0 aliphatic heterocycles. The lowest BCUT2D eigenvalue weighted by molar-refractivity contribution is 0.0886. The van der Waals surface area contributed by atoms with Crippen LogP contribution >= 0.6 is 0 Å². The Labute approximate surface area is 109 Å². The van der Waals surface area contributed by atoms with Crippen molar-refractivity contribution in [2.75, 3.05) is 19.8 Å². The van der Waals surface area contributed by atoms with E-state index in [9.17, 15) is 0 Å². The standard InChI is InChI=1S/C15H33NO/c1-7-15(6,12-16-14(4)5)9-11-17-10-8-13(2)3/h13-14,16H,7-12H2,1-6H3. The first kappa shape index (κ1) is 16.9. The van der Waals surface area contributed by atoms with Crippen LogP contribution in [0, 0.1) is 11.3 Å². The zero-order valence-corrected chi connectivity index (χ0v) is 12.8. The van der Waals surface area contributed by atoms with Crippen molar-refractivity contribution in [3.05, 3.63) is 0 Å². The molecule has 1 atom stereocenters. The van der Waals surface area contributed by atoms with E-state index in [-0.39, 0.29) is 0 Å². The quantitative estimate of drug-likeness (QED) is 0.588. The molecule has 2 nitrogen and oxygen atoms in total. The van der Waals surface area contributed by atoms with Gasteiger partial charge in [0.1, 0.15) is 0 Å². The molecule has 0 aromatic rings. The van der Waals surface area contributed by atoms with Crippen molar-refractivity contribution in [2.45, 2.75) is 66.8 Å². The summed E-state index contributed by atoms with van der Waals surface area (Å²) in [5, 5.41) is 3.54. The van der Waals surface area contributed by atoms with Gasteiger partial charge in [-0.25, -0.2) is 0 Å². The topological polar surface area (TPSA) is 21.3 Å². The van der Waals surface area contributed by atoms with Gasteiger partial charge in [-0.2, -0.15) is 0 Å². The maximum Gasteiger partial charge on any atom is 0.0471 e. The molecule has 0 saturated heterocycles. The van der Waals surface area contributed by atoms with E-state index in [0.717, 1.165) is 32.1 Å². The summed E-state index contributed by atoms with van der Waals surface area (Å²) in [5.41, 5.74) is 0.377. The monoisotopic (exact) mass is 243 g/mol. The maximum atomic E-state index is 5.72. The molecule has 0 bridgehead atoms. The first-order chi connectivity index (χ1) is 7.89. The Morgan fingerprint density at radius 2 is 1.76 bits per heavy atom. The van der Waals surface area contributed by atoms with Gasteiger partial charge in [-0.3, -0.25) is 0 Å². The molecule has 1 unspecified atom stereocenters. The van der Waals surface area contributed by atoms with E-state index in [4.69, 9.17) is 4.74 Å². The second-order valence-corrected chi connectivity index (χ2v) is 6.24. The fourth-order valence-corrected chi connectivity index (χ4v) is 1.58. The van der Waals surface area contributed by atoms with Crippen LogP contribution in [0.1, 0.15) is 60.8 Å². The second-order valence-electron chi connectivity index (χ2n) is 6.24. The van der Waals surface area contributed by atoms with E-state index in [1.807, 2.05) is 0 Å². The number of rotatable bonds is 10. The van der Waals surface area contributed by atoms with E-state index < -0.39 is 0 Å². The predicted octanol–water partition coefficient (Wildman–Crippen LogP) is 3.85. The van der Waals surface area contributed by atoms with Crippen molar-refractivity contribution in [3.8, 4) is 0 Å². The molecule has 2 heteroatoms. The number of hydrogen-bond acceptors (Lipinski definition) is 2. The molecule has 0 aliphatic rings. The summed E-state index contributed by atoms with van der Waals surface area (Å²) in [6.07, 6.45) is 3.54. The normalized spacial score (nSPS) is 15.5. The van der Waals surface area contributed by atoms with Gasteiger partial charge in [0.05, 0.1) is 0 Å². The molecule has 0 spiro atoms. The van der Waals surface area contributed by atoms with Crippen LogP contribution in [0.4, 0.5) is 0 Å². The highest BCUT2D eigenvalue weighted by molar-refractivity contribution is 4.76. The first-order valence-electron chi connectivity index (χ1n) is 7.20. The molecule has 0 aromatic heterocycles. The van der Waals surface area contributed by atoms with Crippen LogP contribution in [0.25, 0.3) is 0 Å². The van der Waals surface area contributed by atoms with Crippen LogP contribution in [0.15, 0.2) is 0 Å². The Balaban J connectivity index is 3.71. The highest BCUT2D eigenvalue weighted by Crippen LogP contribution is 2.24. The van der Waals surface area contributed by atoms with Crippen LogP contribution in [0.3, 0.4) is 0 Å². The van der Waals surface area contributed by atoms with Crippen molar-refractivity contribution >= 4 is 0 Å². The molecule has 104 valence electrons. The smallest absolute Gasteiger partial charge is 0.0471 e.